The predicted octanol–water partition coefficient (Wildman–Crippen LogP) is 5.43. The van der Waals surface area contributed by atoms with E-state index in [9.17, 15) is 4.79 Å². The van der Waals surface area contributed by atoms with Crippen LogP contribution in [0.4, 0.5) is 5.69 Å². The van der Waals surface area contributed by atoms with E-state index in [1.807, 2.05) is 48.5 Å². The van der Waals surface area contributed by atoms with Crippen LogP contribution in [0, 0.1) is 0 Å². The van der Waals surface area contributed by atoms with Crippen molar-refractivity contribution in [3.63, 3.8) is 0 Å². The van der Waals surface area contributed by atoms with Gasteiger partial charge >= 0.3 is 0 Å². The van der Waals surface area contributed by atoms with Gasteiger partial charge in [-0.25, -0.2) is 5.01 Å². The Morgan fingerprint density at radius 2 is 1.70 bits per heavy atom. The molecule has 2 atom stereocenters. The lowest BCUT2D eigenvalue weighted by atomic mass is 9.75. The lowest BCUT2D eigenvalue weighted by Crippen LogP contribution is -2.57. The molecule has 0 radical (unpaired) electrons. The maximum atomic E-state index is 13.6. The van der Waals surface area contributed by atoms with Gasteiger partial charge in [0.15, 0.2) is 0 Å². The topological polar surface area (TPSA) is 35.9 Å². The highest BCUT2D eigenvalue weighted by Gasteiger charge is 2.54. The molecule has 3 aromatic carbocycles. The van der Waals surface area contributed by atoms with Gasteiger partial charge < -0.3 is 4.90 Å². The number of hydrogen-bond donors (Lipinski definition) is 0. The van der Waals surface area contributed by atoms with Crippen molar-refractivity contribution in [2.45, 2.75) is 24.9 Å². The smallest absolute Gasteiger partial charge is 0.275 e. The molecule has 30 heavy (non-hydrogen) atoms. The Balaban J connectivity index is 1.69. The molecule has 0 saturated heterocycles. The Morgan fingerprint density at radius 1 is 1.03 bits per heavy atom. The van der Waals surface area contributed by atoms with Crippen molar-refractivity contribution < 1.29 is 4.79 Å². The molecular formula is C25H22BrN3O. The number of likely N-dealkylation sites (N-methyl/N-ethyl adjacent to an activating group) is 1. The van der Waals surface area contributed by atoms with Crippen LogP contribution in [0.2, 0.25) is 0 Å². The molecule has 2 aliphatic rings. The first-order chi connectivity index (χ1) is 14.5. The number of carbonyl (C=O) groups is 1. The summed E-state index contributed by atoms with van der Waals surface area (Å²) in [7, 11) is 2.05. The minimum Gasteiger partial charge on any atom is -0.352 e. The van der Waals surface area contributed by atoms with Crippen molar-refractivity contribution in [3.05, 3.63) is 100 Å². The van der Waals surface area contributed by atoms with Crippen LogP contribution in [0.25, 0.3) is 0 Å². The summed E-state index contributed by atoms with van der Waals surface area (Å²) < 4.78 is 1.04. The van der Waals surface area contributed by atoms with Crippen LogP contribution in [0.3, 0.4) is 0 Å². The molecule has 0 fully saturated rings. The first-order valence-corrected chi connectivity index (χ1v) is 10.8. The number of rotatable bonds is 2. The Labute approximate surface area is 185 Å². The number of hydrogen-bond acceptors (Lipinski definition) is 3. The molecule has 0 spiro atoms. The molecule has 150 valence electrons. The monoisotopic (exact) mass is 459 g/mol. The maximum absolute atomic E-state index is 13.6. The summed E-state index contributed by atoms with van der Waals surface area (Å²) in [6, 6.07) is 25.9. The minimum absolute atomic E-state index is 0.0846. The highest BCUT2D eigenvalue weighted by molar-refractivity contribution is 9.10. The summed E-state index contributed by atoms with van der Waals surface area (Å²) in [5, 5.41) is 6.61. The fourth-order valence-electron chi connectivity index (χ4n) is 4.82. The molecule has 0 aromatic heterocycles. The average molecular weight is 460 g/mol. The third kappa shape index (κ3) is 2.88. The third-order valence-electron chi connectivity index (χ3n) is 6.22. The second-order valence-corrected chi connectivity index (χ2v) is 9.08. The highest BCUT2D eigenvalue weighted by atomic mass is 79.9. The molecule has 0 saturated carbocycles. The van der Waals surface area contributed by atoms with Crippen molar-refractivity contribution in [3.8, 4) is 0 Å². The van der Waals surface area contributed by atoms with Gasteiger partial charge in [0.1, 0.15) is 6.17 Å². The van der Waals surface area contributed by atoms with Crippen molar-refractivity contribution in [2.24, 2.45) is 5.10 Å². The number of hydrazone groups is 1. The predicted molar refractivity (Wildman–Crippen MR) is 124 cm³/mol. The highest BCUT2D eigenvalue weighted by Crippen LogP contribution is 2.51. The van der Waals surface area contributed by atoms with E-state index >= 15 is 0 Å². The zero-order chi connectivity index (χ0) is 20.9. The Hall–Kier alpha value is -2.92. The van der Waals surface area contributed by atoms with Crippen LogP contribution < -0.4 is 4.90 Å². The van der Waals surface area contributed by atoms with E-state index in [0.29, 0.717) is 5.56 Å². The summed E-state index contributed by atoms with van der Waals surface area (Å²) in [6.45, 7) is 2.25. The molecule has 1 amide bonds. The van der Waals surface area contributed by atoms with Crippen LogP contribution >= 0.6 is 15.9 Å². The summed E-state index contributed by atoms with van der Waals surface area (Å²) in [4.78, 5) is 15.8. The van der Waals surface area contributed by atoms with Crippen LogP contribution in [0.1, 0.15) is 34.8 Å². The van der Waals surface area contributed by atoms with Crippen LogP contribution in [0.5, 0.6) is 0 Å². The van der Waals surface area contributed by atoms with Gasteiger partial charge in [0.25, 0.3) is 5.91 Å². The fraction of sp³-hybridized carbons (Fsp3) is 0.200. The van der Waals surface area contributed by atoms with E-state index in [1.54, 1.807) is 5.01 Å². The number of nitrogens with zero attached hydrogens (tertiary/aromatic N) is 3. The molecule has 5 rings (SSSR count). The minimum atomic E-state index is -0.286. The normalized spacial score (nSPS) is 22.4. The van der Waals surface area contributed by atoms with E-state index in [4.69, 9.17) is 5.10 Å². The van der Waals surface area contributed by atoms with Crippen molar-refractivity contribution in [1.82, 2.24) is 5.01 Å². The molecule has 0 bridgehead atoms. The van der Waals surface area contributed by atoms with E-state index in [1.165, 1.54) is 5.56 Å². The summed E-state index contributed by atoms with van der Waals surface area (Å²) in [6.07, 6.45) is 0.565. The maximum Gasteiger partial charge on any atom is 0.275 e. The summed E-state index contributed by atoms with van der Waals surface area (Å²) in [5.74, 6) is -0.0846. The van der Waals surface area contributed by atoms with E-state index < -0.39 is 0 Å². The molecule has 3 aromatic rings. The lowest BCUT2D eigenvalue weighted by Gasteiger charge is -2.44. The van der Waals surface area contributed by atoms with E-state index in [2.05, 4.69) is 65.1 Å². The number of fused-ring (bicyclic) bond motifs is 3. The van der Waals surface area contributed by atoms with Gasteiger partial charge in [-0.05, 0) is 41.5 Å². The number of amides is 1. The Morgan fingerprint density at radius 3 is 2.40 bits per heavy atom. The molecule has 4 nitrogen and oxygen atoms in total. The van der Waals surface area contributed by atoms with Crippen LogP contribution in [-0.4, -0.2) is 29.8 Å². The first-order valence-electron chi connectivity index (χ1n) is 10.0. The number of halogens is 1. The van der Waals surface area contributed by atoms with Gasteiger partial charge in [-0.15, -0.1) is 0 Å². The molecule has 2 heterocycles. The van der Waals surface area contributed by atoms with Crippen molar-refractivity contribution in [1.29, 1.82) is 0 Å². The van der Waals surface area contributed by atoms with Crippen LogP contribution in [0.15, 0.2) is 88.4 Å². The molecular weight excluding hydrogens is 438 g/mol. The molecule has 2 aliphatic heterocycles. The Bertz CT molecular complexity index is 1150. The van der Waals surface area contributed by atoms with Gasteiger partial charge in [-0.2, -0.15) is 5.10 Å². The van der Waals surface area contributed by atoms with Crippen LogP contribution in [-0.2, 0) is 5.41 Å². The second kappa shape index (κ2) is 7.10. The molecule has 0 unspecified atom stereocenters. The van der Waals surface area contributed by atoms with Gasteiger partial charge in [-0.1, -0.05) is 71.4 Å². The fourth-order valence-corrected chi connectivity index (χ4v) is 5.18. The van der Waals surface area contributed by atoms with E-state index in [0.717, 1.165) is 27.9 Å². The Kier molecular flexibility index (Phi) is 4.51. The second-order valence-electron chi connectivity index (χ2n) is 8.17. The average Bonchev–Trinajstić information content (AvgIpc) is 3.00. The molecule has 0 aliphatic carbocycles. The third-order valence-corrected chi connectivity index (χ3v) is 6.71. The zero-order valence-electron chi connectivity index (χ0n) is 16.9. The number of anilines is 1. The van der Waals surface area contributed by atoms with Gasteiger partial charge in [0, 0.05) is 34.6 Å². The zero-order valence-corrected chi connectivity index (χ0v) is 18.5. The summed E-state index contributed by atoms with van der Waals surface area (Å²) in [5.41, 5.74) is 4.71. The first kappa shape index (κ1) is 19.1. The van der Waals surface area contributed by atoms with E-state index in [-0.39, 0.29) is 17.5 Å². The quantitative estimate of drug-likeness (QED) is 0.511. The number of carbonyl (C=O) groups excluding carboxylic acids is 1. The summed E-state index contributed by atoms with van der Waals surface area (Å²) >= 11 is 3.64. The van der Waals surface area contributed by atoms with Gasteiger partial charge in [-0.3, -0.25) is 4.79 Å². The SMILES string of the molecule is CN1c2ccc(Br)cc2[C@@]2(C)CC(c3ccccc3)=NN(C(=O)c3ccccc3)[C@H]12. The number of benzene rings is 3. The van der Waals surface area contributed by atoms with Crippen molar-refractivity contribution >= 4 is 33.2 Å². The van der Waals surface area contributed by atoms with Gasteiger partial charge in [0.2, 0.25) is 0 Å². The largest absolute Gasteiger partial charge is 0.352 e. The molecule has 0 N–H and O–H groups in total. The standard InChI is InChI=1S/C25H22BrN3O/c1-25-16-21(17-9-5-3-6-10-17)27-29(23(30)18-11-7-4-8-12-18)24(25)28(2)22-14-13-19(26)15-20(22)25/h3-15,24H,16H2,1-2H3/t24-,25+/m0/s1. The lowest BCUT2D eigenvalue weighted by molar-refractivity contribution is 0.0581. The van der Waals surface area contributed by atoms with Gasteiger partial charge in [0.05, 0.1) is 5.71 Å². The van der Waals surface area contributed by atoms with Crippen molar-refractivity contribution in [2.75, 3.05) is 11.9 Å². The molecule has 5 heteroatoms.